The fourth-order valence-corrected chi connectivity index (χ4v) is 2.80. The molecule has 146 valence electrons. The molecule has 4 nitrogen and oxygen atoms in total. The maximum absolute atomic E-state index is 12.7. The van der Waals surface area contributed by atoms with Crippen LogP contribution in [0.5, 0.6) is 17.2 Å². The van der Waals surface area contributed by atoms with E-state index in [1.54, 1.807) is 25.3 Å². The number of hydrogen-bond donors (Lipinski definition) is 1. The van der Waals surface area contributed by atoms with E-state index in [2.05, 4.69) is 0 Å². The van der Waals surface area contributed by atoms with Gasteiger partial charge >= 0.3 is 0 Å². The monoisotopic (exact) mass is 386 g/mol. The molecule has 0 aliphatic heterocycles. The lowest BCUT2D eigenvalue weighted by molar-refractivity contribution is 0.104. The highest BCUT2D eigenvalue weighted by atomic mass is 16.5. The third-order valence-electron chi connectivity index (χ3n) is 4.39. The first kappa shape index (κ1) is 20.0. The number of rotatable bonds is 7. The number of methoxy groups -OCH3 is 2. The van der Waals surface area contributed by atoms with Gasteiger partial charge in [0.05, 0.1) is 19.8 Å². The number of benzene rings is 3. The van der Waals surface area contributed by atoms with Crippen LogP contribution in [0.4, 0.5) is 0 Å². The lowest BCUT2D eigenvalue weighted by Gasteiger charge is -2.09. The minimum atomic E-state index is -0.302. The number of carbonyl (C=O) groups excluding carboxylic acids is 1. The van der Waals surface area contributed by atoms with Crippen molar-refractivity contribution in [3.8, 4) is 17.2 Å². The summed E-state index contributed by atoms with van der Waals surface area (Å²) in [6.45, 7) is 0. The Morgan fingerprint density at radius 3 is 2.10 bits per heavy atom. The fourth-order valence-electron chi connectivity index (χ4n) is 2.80. The number of phenolic OH excluding ortho intramolecular Hbond substituents is 1. The van der Waals surface area contributed by atoms with Gasteiger partial charge in [0.25, 0.3) is 0 Å². The van der Waals surface area contributed by atoms with Gasteiger partial charge in [0.2, 0.25) is 0 Å². The van der Waals surface area contributed by atoms with Crippen LogP contribution in [0.1, 0.15) is 27.0 Å². The Bertz CT molecular complexity index is 1030. The number of allylic oxidation sites excluding steroid dienone is 1. The molecule has 1 N–H and O–H groups in total. The van der Waals surface area contributed by atoms with Crippen molar-refractivity contribution in [2.24, 2.45) is 0 Å². The predicted octanol–water partition coefficient (Wildman–Crippen LogP) is 5.48. The first-order valence-corrected chi connectivity index (χ1v) is 9.11. The van der Waals surface area contributed by atoms with Crippen molar-refractivity contribution in [2.45, 2.75) is 0 Å². The Hall–Kier alpha value is -3.79. The summed E-state index contributed by atoms with van der Waals surface area (Å²) in [6.07, 6.45) is 6.94. The summed E-state index contributed by atoms with van der Waals surface area (Å²) >= 11 is 0. The highest BCUT2D eigenvalue weighted by Gasteiger charge is 2.14. The molecule has 0 saturated heterocycles. The topological polar surface area (TPSA) is 55.8 Å². The van der Waals surface area contributed by atoms with Crippen molar-refractivity contribution in [1.29, 1.82) is 0 Å². The third-order valence-corrected chi connectivity index (χ3v) is 4.39. The first-order valence-electron chi connectivity index (χ1n) is 9.11. The molecule has 29 heavy (non-hydrogen) atoms. The number of carbonyl (C=O) groups is 1. The van der Waals surface area contributed by atoms with Crippen LogP contribution < -0.4 is 9.47 Å². The van der Waals surface area contributed by atoms with Crippen LogP contribution in [-0.4, -0.2) is 25.1 Å². The minimum Gasteiger partial charge on any atom is -0.504 e. The van der Waals surface area contributed by atoms with Gasteiger partial charge in [-0.2, -0.15) is 0 Å². The van der Waals surface area contributed by atoms with Crippen LogP contribution in [-0.2, 0) is 0 Å². The average Bonchev–Trinajstić information content (AvgIpc) is 2.77. The summed E-state index contributed by atoms with van der Waals surface area (Å²) in [7, 11) is 3.08. The fraction of sp³-hybridized carbons (Fsp3) is 0.0800. The number of phenols is 1. The van der Waals surface area contributed by atoms with Crippen molar-refractivity contribution >= 4 is 24.0 Å². The molecule has 0 radical (unpaired) electrons. The average molecular weight is 386 g/mol. The predicted molar refractivity (Wildman–Crippen MR) is 116 cm³/mol. The van der Waals surface area contributed by atoms with Crippen LogP contribution in [0.15, 0.2) is 72.8 Å². The number of ketones is 1. The van der Waals surface area contributed by atoms with E-state index in [4.69, 9.17) is 9.47 Å². The molecule has 0 atom stereocenters. The van der Waals surface area contributed by atoms with Gasteiger partial charge in [0.15, 0.2) is 17.3 Å². The number of ether oxygens (including phenoxy) is 2. The third kappa shape index (κ3) is 5.14. The van der Waals surface area contributed by atoms with E-state index in [0.29, 0.717) is 0 Å². The van der Waals surface area contributed by atoms with Gasteiger partial charge < -0.3 is 14.6 Å². The van der Waals surface area contributed by atoms with Crippen molar-refractivity contribution < 1.29 is 19.4 Å². The zero-order chi connectivity index (χ0) is 20.6. The van der Waals surface area contributed by atoms with Gasteiger partial charge in [0, 0.05) is 0 Å². The van der Waals surface area contributed by atoms with Crippen LogP contribution in [0, 0.1) is 0 Å². The van der Waals surface area contributed by atoms with Crippen LogP contribution in [0.25, 0.3) is 18.2 Å². The minimum absolute atomic E-state index is 0.170. The molecule has 0 aliphatic rings. The van der Waals surface area contributed by atoms with Gasteiger partial charge in [-0.25, -0.2) is 0 Å². The molecule has 0 bridgehead atoms. The van der Waals surface area contributed by atoms with Gasteiger partial charge in [0.1, 0.15) is 5.75 Å². The molecule has 0 spiro atoms. The zero-order valence-electron chi connectivity index (χ0n) is 16.3. The summed E-state index contributed by atoms with van der Waals surface area (Å²) in [5, 5.41) is 10.4. The second-order valence-corrected chi connectivity index (χ2v) is 6.33. The van der Waals surface area contributed by atoms with Crippen molar-refractivity contribution in [3.05, 3.63) is 95.1 Å². The second-order valence-electron chi connectivity index (χ2n) is 6.33. The van der Waals surface area contributed by atoms with Gasteiger partial charge in [-0.15, -0.1) is 0 Å². The molecular weight excluding hydrogens is 364 g/mol. The van der Waals surface area contributed by atoms with E-state index in [1.807, 2.05) is 66.7 Å². The van der Waals surface area contributed by atoms with Crippen molar-refractivity contribution in [3.63, 3.8) is 0 Å². The molecule has 4 heteroatoms. The van der Waals surface area contributed by atoms with Gasteiger partial charge in [-0.1, -0.05) is 60.7 Å². The summed E-state index contributed by atoms with van der Waals surface area (Å²) in [5.41, 5.74) is 2.82. The molecule has 3 aromatic rings. The normalized spacial score (nSPS) is 11.1. The maximum Gasteiger partial charge on any atom is 0.189 e. The van der Waals surface area contributed by atoms with E-state index in [0.717, 1.165) is 22.4 Å². The lowest BCUT2D eigenvalue weighted by Crippen LogP contribution is -1.98. The molecule has 0 heterocycles. The highest BCUT2D eigenvalue weighted by molar-refractivity contribution is 6.09. The molecule has 0 aromatic heterocycles. The molecular formula is C25H22O4. The van der Waals surface area contributed by atoms with E-state index in [-0.39, 0.29) is 22.8 Å². The van der Waals surface area contributed by atoms with Gasteiger partial charge in [-0.05, 0) is 47.0 Å². The van der Waals surface area contributed by atoms with Crippen LogP contribution >= 0.6 is 0 Å². The number of aromatic hydroxyl groups is 1. The summed E-state index contributed by atoms with van der Waals surface area (Å²) < 4.78 is 10.4. The Morgan fingerprint density at radius 2 is 1.45 bits per heavy atom. The molecule has 0 unspecified atom stereocenters. The highest BCUT2D eigenvalue weighted by Crippen LogP contribution is 2.33. The van der Waals surface area contributed by atoms with Crippen molar-refractivity contribution in [1.82, 2.24) is 0 Å². The van der Waals surface area contributed by atoms with E-state index in [9.17, 15) is 9.90 Å². The van der Waals surface area contributed by atoms with E-state index in [1.165, 1.54) is 13.2 Å². The van der Waals surface area contributed by atoms with E-state index < -0.39 is 0 Å². The summed E-state index contributed by atoms with van der Waals surface area (Å²) in [4.78, 5) is 12.7. The molecule has 3 rings (SSSR count). The standard InChI is InChI=1S/C25H22O4/c1-28-21-13-10-19(11-14-21)8-9-20-16-22(25(27)24(17-20)29-2)23(26)15-12-18-6-4-3-5-7-18/h3-17,27H,1-2H3/b9-8+,15-12+. The lowest BCUT2D eigenvalue weighted by atomic mass is 10.0. The summed E-state index contributed by atoms with van der Waals surface area (Å²) in [5.74, 6) is 0.561. The Kier molecular flexibility index (Phi) is 6.48. The maximum atomic E-state index is 12.7. The molecule has 3 aromatic carbocycles. The van der Waals surface area contributed by atoms with Crippen molar-refractivity contribution in [2.75, 3.05) is 14.2 Å². The largest absolute Gasteiger partial charge is 0.504 e. The molecule has 0 saturated carbocycles. The second kappa shape index (κ2) is 9.42. The van der Waals surface area contributed by atoms with Crippen LogP contribution in [0.2, 0.25) is 0 Å². The SMILES string of the molecule is COc1ccc(/C=C/c2cc(OC)c(O)c(C(=O)/C=C/c3ccccc3)c2)cc1. The Morgan fingerprint density at radius 1 is 0.793 bits per heavy atom. The Balaban J connectivity index is 1.88. The Labute approximate surface area is 170 Å². The number of hydrogen-bond acceptors (Lipinski definition) is 4. The molecule has 0 aliphatic carbocycles. The zero-order valence-corrected chi connectivity index (χ0v) is 16.3. The smallest absolute Gasteiger partial charge is 0.189 e. The first-order chi connectivity index (χ1) is 14.1. The van der Waals surface area contributed by atoms with Crippen LogP contribution in [0.3, 0.4) is 0 Å². The van der Waals surface area contributed by atoms with Gasteiger partial charge in [-0.3, -0.25) is 4.79 Å². The molecule has 0 fully saturated rings. The summed E-state index contributed by atoms with van der Waals surface area (Å²) in [6, 6.07) is 20.5. The quantitative estimate of drug-likeness (QED) is 0.332. The van der Waals surface area contributed by atoms with E-state index >= 15 is 0 Å². The molecule has 0 amide bonds.